The normalized spacial score (nSPS) is 17.8. The Balaban J connectivity index is 2.02. The van der Waals surface area contributed by atoms with Gasteiger partial charge in [0, 0.05) is 11.1 Å². The first-order valence-corrected chi connectivity index (χ1v) is 11.0. The van der Waals surface area contributed by atoms with Crippen LogP contribution < -0.4 is 0 Å². The van der Waals surface area contributed by atoms with E-state index in [-0.39, 0.29) is 5.97 Å². The summed E-state index contributed by atoms with van der Waals surface area (Å²) in [7, 11) is 0. The van der Waals surface area contributed by atoms with Crippen molar-refractivity contribution in [3.63, 3.8) is 0 Å². The Morgan fingerprint density at radius 3 is 2.28 bits per heavy atom. The second kappa shape index (κ2) is 7.53. The molecule has 0 aliphatic heterocycles. The Kier molecular flexibility index (Phi) is 5.20. The number of carbonyl (C=O) groups excluding carboxylic acids is 1. The van der Waals surface area contributed by atoms with Crippen LogP contribution >= 0.6 is 12.6 Å². The molecule has 0 radical (unpaired) electrons. The number of hydrogen-bond acceptors (Lipinski definition) is 3. The van der Waals surface area contributed by atoms with Crippen LogP contribution in [0.25, 0.3) is 21.9 Å². The van der Waals surface area contributed by atoms with Gasteiger partial charge in [0.05, 0.1) is 5.41 Å². The molecule has 1 atom stereocenters. The molecule has 0 amide bonds. The van der Waals surface area contributed by atoms with Gasteiger partial charge in [-0.25, -0.2) is 0 Å². The van der Waals surface area contributed by atoms with Gasteiger partial charge in [0.25, 0.3) is 0 Å². The van der Waals surface area contributed by atoms with Gasteiger partial charge in [-0.3, -0.25) is 4.79 Å². The van der Waals surface area contributed by atoms with Gasteiger partial charge in [-0.1, -0.05) is 60.7 Å². The topological polar surface area (TPSA) is 26.3 Å². The van der Waals surface area contributed by atoms with Crippen molar-refractivity contribution < 1.29 is 9.53 Å². The third-order valence-corrected chi connectivity index (χ3v) is 6.12. The molecule has 0 N–H and O–H groups in total. The van der Waals surface area contributed by atoms with E-state index in [0.717, 1.165) is 41.7 Å². The van der Waals surface area contributed by atoms with Gasteiger partial charge < -0.3 is 4.74 Å². The average Bonchev–Trinajstić information content (AvgIpc) is 2.71. The number of unbranched alkanes of at least 4 members (excludes halogenated alkanes) is 1. The number of carbonyl (C=O) groups is 1. The highest BCUT2D eigenvalue weighted by Gasteiger charge is 2.45. The van der Waals surface area contributed by atoms with E-state index >= 15 is 0 Å². The lowest BCUT2D eigenvalue weighted by molar-refractivity contribution is -0.167. The lowest BCUT2D eigenvalue weighted by Crippen LogP contribution is -2.40. The predicted molar refractivity (Wildman–Crippen MR) is 123 cm³/mol. The summed E-state index contributed by atoms with van der Waals surface area (Å²) in [6.07, 6.45) is 2.67. The zero-order chi connectivity index (χ0) is 20.6. The number of rotatable bonds is 5. The smallest absolute Gasteiger partial charge is 0.312 e. The number of benzene rings is 3. The Morgan fingerprint density at radius 2 is 1.55 bits per heavy atom. The van der Waals surface area contributed by atoms with Crippen LogP contribution in [-0.2, 0) is 15.1 Å². The molecule has 3 aromatic rings. The third kappa shape index (κ3) is 3.36. The zero-order valence-corrected chi connectivity index (χ0v) is 18.3. The van der Waals surface area contributed by atoms with E-state index in [1.54, 1.807) is 0 Å². The first kappa shape index (κ1) is 20.0. The number of esters is 1. The first-order valence-electron chi connectivity index (χ1n) is 10.3. The van der Waals surface area contributed by atoms with Crippen LogP contribution in [0.3, 0.4) is 0 Å². The predicted octanol–water partition coefficient (Wildman–Crippen LogP) is 6.75. The second-order valence-corrected chi connectivity index (χ2v) is 9.35. The van der Waals surface area contributed by atoms with E-state index < -0.39 is 11.0 Å². The van der Waals surface area contributed by atoms with Gasteiger partial charge in [-0.2, -0.15) is 12.6 Å². The van der Waals surface area contributed by atoms with E-state index in [1.807, 2.05) is 26.8 Å². The monoisotopic (exact) mass is 404 g/mol. The van der Waals surface area contributed by atoms with Crippen LogP contribution in [0, 0.1) is 5.41 Å². The van der Waals surface area contributed by atoms with Crippen molar-refractivity contribution >= 4 is 29.4 Å². The van der Waals surface area contributed by atoms with Crippen LogP contribution in [0.1, 0.15) is 51.2 Å². The zero-order valence-electron chi connectivity index (χ0n) is 17.4. The van der Waals surface area contributed by atoms with Crippen LogP contribution in [0.5, 0.6) is 0 Å². The molecule has 0 saturated heterocycles. The van der Waals surface area contributed by atoms with Gasteiger partial charge >= 0.3 is 5.97 Å². The fourth-order valence-electron chi connectivity index (χ4n) is 4.34. The fourth-order valence-corrected chi connectivity index (χ4v) is 4.57. The van der Waals surface area contributed by atoms with Crippen molar-refractivity contribution in [2.45, 2.75) is 45.6 Å². The first-order chi connectivity index (χ1) is 13.9. The summed E-state index contributed by atoms with van der Waals surface area (Å²) in [4.78, 5) is 13.2. The molecule has 0 aromatic heterocycles. The van der Waals surface area contributed by atoms with Crippen molar-refractivity contribution in [2.75, 3.05) is 5.75 Å². The lowest BCUT2D eigenvalue weighted by Gasteiger charge is -2.41. The molecule has 1 unspecified atom stereocenters. The minimum atomic E-state index is -0.780. The quantitative estimate of drug-likeness (QED) is 0.289. The van der Waals surface area contributed by atoms with Crippen LogP contribution in [0.2, 0.25) is 0 Å². The van der Waals surface area contributed by atoms with Gasteiger partial charge in [0.1, 0.15) is 0 Å². The maximum absolute atomic E-state index is 13.2. The Bertz CT molecular complexity index is 1060. The summed E-state index contributed by atoms with van der Waals surface area (Å²) in [5.74, 6) is 0.653. The fraction of sp³-hybridized carbons (Fsp3) is 0.346. The van der Waals surface area contributed by atoms with Crippen molar-refractivity contribution in [3.05, 3.63) is 71.8 Å². The summed E-state index contributed by atoms with van der Waals surface area (Å²) in [6.45, 7) is 5.75. The number of ether oxygens (including phenoxy) is 1. The molecule has 0 bridgehead atoms. The summed E-state index contributed by atoms with van der Waals surface area (Å²) < 4.78 is 6.50. The molecule has 0 saturated carbocycles. The largest absolute Gasteiger partial charge is 0.449 e. The molecule has 0 spiro atoms. The van der Waals surface area contributed by atoms with Crippen LogP contribution in [0.15, 0.2) is 60.7 Å². The van der Waals surface area contributed by atoms with Gasteiger partial charge in [-0.05, 0) is 67.7 Å². The Hall–Kier alpha value is -2.26. The van der Waals surface area contributed by atoms with Gasteiger partial charge in [-0.15, -0.1) is 0 Å². The number of fused-ring (bicyclic) bond motifs is 2. The molecule has 4 rings (SSSR count). The maximum Gasteiger partial charge on any atom is 0.312 e. The van der Waals surface area contributed by atoms with E-state index in [9.17, 15) is 4.79 Å². The Morgan fingerprint density at radius 1 is 0.897 bits per heavy atom. The molecule has 1 aliphatic carbocycles. The second-order valence-electron chi connectivity index (χ2n) is 8.90. The minimum absolute atomic E-state index is 0.172. The van der Waals surface area contributed by atoms with E-state index in [1.165, 1.54) is 16.3 Å². The summed E-state index contributed by atoms with van der Waals surface area (Å²) >= 11 is 4.40. The molecule has 2 nitrogen and oxygen atoms in total. The van der Waals surface area contributed by atoms with E-state index in [0.29, 0.717) is 0 Å². The van der Waals surface area contributed by atoms with Crippen LogP contribution in [-0.4, -0.2) is 11.7 Å². The lowest BCUT2D eigenvalue weighted by atomic mass is 9.71. The molecule has 0 heterocycles. The molecule has 3 aromatic carbocycles. The third-order valence-electron chi connectivity index (χ3n) is 5.81. The SMILES string of the molecule is CC(C)(C)C(=O)OC1(CCCCS)c2ccccc2-c2cccc3cccc1c23. The van der Waals surface area contributed by atoms with Crippen molar-refractivity contribution in [2.24, 2.45) is 5.41 Å². The summed E-state index contributed by atoms with van der Waals surface area (Å²) in [6, 6.07) is 21.2. The highest BCUT2D eigenvalue weighted by Crippen LogP contribution is 2.52. The molecule has 150 valence electrons. The number of hydrogen-bond donors (Lipinski definition) is 1. The van der Waals surface area contributed by atoms with Crippen LogP contribution in [0.4, 0.5) is 0 Å². The van der Waals surface area contributed by atoms with Gasteiger partial charge in [0.2, 0.25) is 0 Å². The highest BCUT2D eigenvalue weighted by atomic mass is 32.1. The summed E-state index contributed by atoms with van der Waals surface area (Å²) in [5.41, 5.74) is 3.20. The maximum atomic E-state index is 13.2. The van der Waals surface area contributed by atoms with E-state index in [2.05, 4.69) is 67.2 Å². The molecule has 0 fully saturated rings. The van der Waals surface area contributed by atoms with Crippen molar-refractivity contribution in [1.82, 2.24) is 0 Å². The van der Waals surface area contributed by atoms with Crippen molar-refractivity contribution in [1.29, 1.82) is 0 Å². The standard InChI is InChI=1S/C26H28O2S/c1-25(2,3)24(27)28-26(16-6-7-17-29)21-14-5-4-12-19(21)20-13-8-10-18-11-9-15-22(26)23(18)20/h4-5,8-15,29H,6-7,16-17H2,1-3H3. The molecule has 3 heteroatoms. The van der Waals surface area contributed by atoms with E-state index in [4.69, 9.17) is 4.74 Å². The molecular formula is C26H28O2S. The molecule has 1 aliphatic rings. The van der Waals surface area contributed by atoms with Crippen molar-refractivity contribution in [3.8, 4) is 11.1 Å². The number of thiol groups is 1. The minimum Gasteiger partial charge on any atom is -0.449 e. The average molecular weight is 405 g/mol. The van der Waals surface area contributed by atoms with Gasteiger partial charge in [0.15, 0.2) is 5.60 Å². The molecule has 29 heavy (non-hydrogen) atoms. The Labute approximate surface area is 178 Å². The molecular weight excluding hydrogens is 376 g/mol. The highest BCUT2D eigenvalue weighted by molar-refractivity contribution is 7.80. The summed E-state index contributed by atoms with van der Waals surface area (Å²) in [5, 5.41) is 2.38.